The van der Waals surface area contributed by atoms with Gasteiger partial charge in [-0.1, -0.05) is 25.5 Å². The summed E-state index contributed by atoms with van der Waals surface area (Å²) >= 11 is 0. The third kappa shape index (κ3) is 3.50. The van der Waals surface area contributed by atoms with Crippen molar-refractivity contribution in [3.8, 4) is 0 Å². The fraction of sp³-hybridized carbons (Fsp3) is 0.500. The van der Waals surface area contributed by atoms with Crippen molar-refractivity contribution >= 4 is 16.9 Å². The molecule has 2 rings (SSSR count). The average Bonchev–Trinajstić information content (AvgIpc) is 2.94. The largest absolute Gasteiger partial charge is 0.451 e. The van der Waals surface area contributed by atoms with E-state index in [-0.39, 0.29) is 17.9 Å². The fourth-order valence-corrected chi connectivity index (χ4v) is 2.81. The first-order chi connectivity index (χ1) is 10.5. The average molecular weight is 303 g/mol. The van der Waals surface area contributed by atoms with Gasteiger partial charge in [-0.3, -0.25) is 4.79 Å². The van der Waals surface area contributed by atoms with E-state index in [4.69, 9.17) is 4.42 Å². The Hall–Kier alpha value is -1.81. The molecule has 1 aromatic heterocycles. The number of amides is 1. The standard InChI is InChI=1S/C18H25NO3/c1-4-18(5-2,8-9-20)12-19-17(21)16-11-14-10-13(3)6-7-15(14)22-16/h6-7,10-11,20H,4-5,8-9,12H2,1-3H3,(H,19,21). The lowest BCUT2D eigenvalue weighted by atomic mass is 9.79. The van der Waals surface area contributed by atoms with Crippen LogP contribution in [0.1, 0.15) is 49.2 Å². The monoisotopic (exact) mass is 303 g/mol. The molecule has 4 nitrogen and oxygen atoms in total. The molecule has 0 aliphatic rings. The second-order valence-corrected chi connectivity index (χ2v) is 6.02. The molecule has 0 aliphatic carbocycles. The summed E-state index contributed by atoms with van der Waals surface area (Å²) in [5, 5.41) is 13.1. The van der Waals surface area contributed by atoms with Crippen LogP contribution in [0, 0.1) is 12.3 Å². The zero-order valence-corrected chi connectivity index (χ0v) is 13.6. The van der Waals surface area contributed by atoms with Crippen LogP contribution in [-0.4, -0.2) is 24.2 Å². The highest BCUT2D eigenvalue weighted by Gasteiger charge is 2.26. The summed E-state index contributed by atoms with van der Waals surface area (Å²) in [5.74, 6) is 0.142. The number of aliphatic hydroxyl groups excluding tert-OH is 1. The van der Waals surface area contributed by atoms with Crippen LogP contribution >= 0.6 is 0 Å². The fourth-order valence-electron chi connectivity index (χ4n) is 2.81. The number of carbonyl (C=O) groups is 1. The van der Waals surface area contributed by atoms with Gasteiger partial charge in [0.15, 0.2) is 5.76 Å². The van der Waals surface area contributed by atoms with Gasteiger partial charge in [-0.15, -0.1) is 0 Å². The van der Waals surface area contributed by atoms with E-state index in [0.29, 0.717) is 18.7 Å². The SMILES string of the molecule is CCC(CC)(CCO)CNC(=O)c1cc2cc(C)ccc2o1. The van der Waals surface area contributed by atoms with Gasteiger partial charge in [0.25, 0.3) is 5.91 Å². The number of aryl methyl sites for hydroxylation is 1. The van der Waals surface area contributed by atoms with Gasteiger partial charge >= 0.3 is 0 Å². The molecule has 0 atom stereocenters. The number of benzene rings is 1. The predicted octanol–water partition coefficient (Wildman–Crippen LogP) is 3.66. The van der Waals surface area contributed by atoms with Gasteiger partial charge in [0.2, 0.25) is 0 Å². The van der Waals surface area contributed by atoms with Crippen molar-refractivity contribution in [1.29, 1.82) is 0 Å². The van der Waals surface area contributed by atoms with Crippen LogP contribution in [0.2, 0.25) is 0 Å². The topological polar surface area (TPSA) is 62.5 Å². The van der Waals surface area contributed by atoms with Crippen LogP contribution in [0.4, 0.5) is 0 Å². The van der Waals surface area contributed by atoms with Crippen molar-refractivity contribution in [1.82, 2.24) is 5.32 Å². The van der Waals surface area contributed by atoms with Crippen LogP contribution in [0.25, 0.3) is 11.0 Å². The molecule has 1 heterocycles. The quantitative estimate of drug-likeness (QED) is 0.820. The lowest BCUT2D eigenvalue weighted by Gasteiger charge is -2.31. The van der Waals surface area contributed by atoms with Gasteiger partial charge in [-0.2, -0.15) is 0 Å². The Morgan fingerprint density at radius 3 is 2.64 bits per heavy atom. The lowest BCUT2D eigenvalue weighted by Crippen LogP contribution is -2.37. The number of furan rings is 1. The number of rotatable bonds is 7. The first-order valence-electron chi connectivity index (χ1n) is 7.93. The van der Waals surface area contributed by atoms with Crippen molar-refractivity contribution in [3.05, 3.63) is 35.6 Å². The summed E-state index contributed by atoms with van der Waals surface area (Å²) in [6.45, 7) is 6.89. The zero-order chi connectivity index (χ0) is 16.2. The number of aliphatic hydroxyl groups is 1. The molecule has 0 spiro atoms. The molecule has 22 heavy (non-hydrogen) atoms. The summed E-state index contributed by atoms with van der Waals surface area (Å²) in [5.41, 5.74) is 1.81. The Kier molecular flexibility index (Phi) is 5.24. The summed E-state index contributed by atoms with van der Waals surface area (Å²) in [7, 11) is 0. The highest BCUT2D eigenvalue weighted by Crippen LogP contribution is 2.29. The van der Waals surface area contributed by atoms with Crippen LogP contribution in [0.15, 0.2) is 28.7 Å². The van der Waals surface area contributed by atoms with Gasteiger partial charge in [-0.05, 0) is 49.8 Å². The predicted molar refractivity (Wildman–Crippen MR) is 88.0 cm³/mol. The Morgan fingerprint density at radius 1 is 1.27 bits per heavy atom. The molecule has 0 aliphatic heterocycles. The number of fused-ring (bicyclic) bond motifs is 1. The van der Waals surface area contributed by atoms with Gasteiger partial charge in [0.1, 0.15) is 5.58 Å². The maximum Gasteiger partial charge on any atom is 0.287 e. The Morgan fingerprint density at radius 2 is 2.00 bits per heavy atom. The molecule has 0 bridgehead atoms. The maximum atomic E-state index is 12.3. The Labute approximate surface area is 131 Å². The molecule has 0 saturated carbocycles. The smallest absolute Gasteiger partial charge is 0.287 e. The molecular weight excluding hydrogens is 278 g/mol. The zero-order valence-electron chi connectivity index (χ0n) is 13.6. The molecule has 1 amide bonds. The molecule has 4 heteroatoms. The van der Waals surface area contributed by atoms with Crippen LogP contribution in [0.5, 0.6) is 0 Å². The minimum absolute atomic E-state index is 0.0486. The van der Waals surface area contributed by atoms with E-state index in [1.165, 1.54) is 0 Å². The summed E-state index contributed by atoms with van der Waals surface area (Å²) in [6.07, 6.45) is 2.53. The summed E-state index contributed by atoms with van der Waals surface area (Å²) in [4.78, 5) is 12.3. The third-order valence-corrected chi connectivity index (χ3v) is 4.66. The molecule has 2 aromatic rings. The van der Waals surface area contributed by atoms with Crippen molar-refractivity contribution in [2.45, 2.75) is 40.0 Å². The first kappa shape index (κ1) is 16.6. The molecule has 120 valence electrons. The van der Waals surface area contributed by atoms with E-state index in [1.807, 2.05) is 25.1 Å². The molecule has 0 fully saturated rings. The van der Waals surface area contributed by atoms with E-state index in [0.717, 1.165) is 29.4 Å². The second kappa shape index (κ2) is 6.97. The highest BCUT2D eigenvalue weighted by atomic mass is 16.3. The molecule has 1 aromatic carbocycles. The van der Waals surface area contributed by atoms with E-state index in [1.54, 1.807) is 6.07 Å². The third-order valence-electron chi connectivity index (χ3n) is 4.66. The number of hydrogen-bond acceptors (Lipinski definition) is 3. The summed E-state index contributed by atoms with van der Waals surface area (Å²) < 4.78 is 5.62. The highest BCUT2D eigenvalue weighted by molar-refractivity contribution is 5.96. The van der Waals surface area contributed by atoms with Crippen molar-refractivity contribution in [2.75, 3.05) is 13.2 Å². The molecule has 0 unspecified atom stereocenters. The Bertz CT molecular complexity index is 641. The number of hydrogen-bond donors (Lipinski definition) is 2. The number of nitrogens with one attached hydrogen (secondary N) is 1. The van der Waals surface area contributed by atoms with E-state index >= 15 is 0 Å². The Balaban J connectivity index is 2.10. The minimum atomic E-state index is -0.196. The van der Waals surface area contributed by atoms with Crippen LogP contribution < -0.4 is 5.32 Å². The van der Waals surface area contributed by atoms with Crippen molar-refractivity contribution < 1.29 is 14.3 Å². The van der Waals surface area contributed by atoms with Gasteiger partial charge < -0.3 is 14.8 Å². The van der Waals surface area contributed by atoms with Crippen LogP contribution in [-0.2, 0) is 0 Å². The maximum absolute atomic E-state index is 12.3. The van der Waals surface area contributed by atoms with E-state index in [2.05, 4.69) is 19.2 Å². The van der Waals surface area contributed by atoms with E-state index in [9.17, 15) is 9.90 Å². The normalized spacial score (nSPS) is 11.8. The first-order valence-corrected chi connectivity index (χ1v) is 7.93. The lowest BCUT2D eigenvalue weighted by molar-refractivity contribution is 0.0882. The molecule has 0 saturated heterocycles. The molecule has 0 radical (unpaired) electrons. The second-order valence-electron chi connectivity index (χ2n) is 6.02. The van der Waals surface area contributed by atoms with E-state index < -0.39 is 0 Å². The van der Waals surface area contributed by atoms with Gasteiger partial charge in [0.05, 0.1) is 0 Å². The molecule has 2 N–H and O–H groups in total. The van der Waals surface area contributed by atoms with Crippen molar-refractivity contribution in [3.63, 3.8) is 0 Å². The van der Waals surface area contributed by atoms with Gasteiger partial charge in [-0.25, -0.2) is 0 Å². The summed E-state index contributed by atoms with van der Waals surface area (Å²) in [6, 6.07) is 7.64. The number of carbonyl (C=O) groups excluding carboxylic acids is 1. The molecular formula is C18H25NO3. The van der Waals surface area contributed by atoms with Crippen molar-refractivity contribution in [2.24, 2.45) is 5.41 Å². The minimum Gasteiger partial charge on any atom is -0.451 e. The van der Waals surface area contributed by atoms with Gasteiger partial charge in [0, 0.05) is 18.5 Å². The van der Waals surface area contributed by atoms with Crippen LogP contribution in [0.3, 0.4) is 0 Å².